The van der Waals surface area contributed by atoms with Gasteiger partial charge in [0.25, 0.3) is 0 Å². The molecule has 120 valence electrons. The minimum Gasteiger partial charge on any atom is -0.327 e. The van der Waals surface area contributed by atoms with Crippen LogP contribution in [0.4, 0.5) is 0 Å². The molecule has 2 heterocycles. The number of nitrogens with two attached hydrogens (primary N) is 1. The average Bonchev–Trinajstić information content (AvgIpc) is 2.46. The molecule has 1 aliphatic rings. The number of fused-ring (bicyclic) bond motifs is 1. The fourth-order valence-electron chi connectivity index (χ4n) is 2.78. The van der Waals surface area contributed by atoms with Gasteiger partial charge in [0.1, 0.15) is 4.90 Å². The summed E-state index contributed by atoms with van der Waals surface area (Å²) in [7, 11) is -3.54. The molecule has 1 aromatic carbocycles. The van der Waals surface area contributed by atoms with Gasteiger partial charge in [0.15, 0.2) is 0 Å². The Morgan fingerprint density at radius 1 is 1.36 bits per heavy atom. The van der Waals surface area contributed by atoms with E-state index >= 15 is 0 Å². The average molecular weight is 342 g/mol. The molecule has 0 spiro atoms. The van der Waals surface area contributed by atoms with Crippen molar-refractivity contribution in [1.82, 2.24) is 9.29 Å². The van der Waals surface area contributed by atoms with Crippen LogP contribution >= 0.6 is 12.4 Å². The molecule has 7 heteroatoms. The molecule has 0 aliphatic carbocycles. The summed E-state index contributed by atoms with van der Waals surface area (Å²) >= 11 is 0. The molecular formula is C15H20ClN3O2S. The van der Waals surface area contributed by atoms with Crippen LogP contribution in [0.25, 0.3) is 10.9 Å². The smallest absolute Gasteiger partial charge is 0.245 e. The van der Waals surface area contributed by atoms with Gasteiger partial charge in [-0.1, -0.05) is 12.1 Å². The van der Waals surface area contributed by atoms with E-state index in [-0.39, 0.29) is 23.3 Å². The summed E-state index contributed by atoms with van der Waals surface area (Å²) in [5.41, 5.74) is 7.45. The lowest BCUT2D eigenvalue weighted by Gasteiger charge is -2.30. The van der Waals surface area contributed by atoms with Crippen LogP contribution in [0.2, 0.25) is 0 Å². The molecule has 3 rings (SSSR count). The number of hydrogen-bond donors (Lipinski definition) is 1. The Labute approximate surface area is 137 Å². The molecule has 0 radical (unpaired) electrons. The fourth-order valence-corrected chi connectivity index (χ4v) is 4.48. The van der Waals surface area contributed by atoms with E-state index in [1.165, 1.54) is 4.31 Å². The Kier molecular flexibility index (Phi) is 5.07. The summed E-state index contributed by atoms with van der Waals surface area (Å²) in [5, 5.41) is 0.845. The second kappa shape index (κ2) is 6.50. The Morgan fingerprint density at radius 3 is 2.86 bits per heavy atom. The molecule has 0 amide bonds. The monoisotopic (exact) mass is 341 g/mol. The lowest BCUT2D eigenvalue weighted by molar-refractivity contribution is 0.316. The predicted octanol–water partition coefficient (Wildman–Crippen LogP) is 2.08. The van der Waals surface area contributed by atoms with E-state index in [1.54, 1.807) is 18.3 Å². The van der Waals surface area contributed by atoms with Gasteiger partial charge in [0, 0.05) is 30.7 Å². The first-order chi connectivity index (χ1) is 9.98. The number of benzene rings is 1. The molecule has 0 saturated carbocycles. The SMILES string of the molecule is Cc1cnc2c(S(=O)(=O)N3CCCC(N)C3)cccc2c1.Cl. The summed E-state index contributed by atoms with van der Waals surface area (Å²) in [4.78, 5) is 4.60. The summed E-state index contributed by atoms with van der Waals surface area (Å²) in [6.07, 6.45) is 3.37. The summed E-state index contributed by atoms with van der Waals surface area (Å²) < 4.78 is 27.2. The third-order valence-electron chi connectivity index (χ3n) is 3.85. The van der Waals surface area contributed by atoms with Crippen LogP contribution in [0.3, 0.4) is 0 Å². The zero-order valence-corrected chi connectivity index (χ0v) is 14.0. The third-order valence-corrected chi connectivity index (χ3v) is 5.75. The Morgan fingerprint density at radius 2 is 2.14 bits per heavy atom. The van der Waals surface area contributed by atoms with Crippen molar-refractivity contribution in [2.75, 3.05) is 13.1 Å². The van der Waals surface area contributed by atoms with Crippen molar-refractivity contribution in [3.63, 3.8) is 0 Å². The maximum absolute atomic E-state index is 12.9. The van der Waals surface area contributed by atoms with Crippen molar-refractivity contribution in [3.05, 3.63) is 36.0 Å². The van der Waals surface area contributed by atoms with Crippen LogP contribution < -0.4 is 5.73 Å². The molecule has 1 aromatic heterocycles. The Hall–Kier alpha value is -1.21. The first kappa shape index (κ1) is 17.1. The number of sulfonamides is 1. The minimum atomic E-state index is -3.54. The summed E-state index contributed by atoms with van der Waals surface area (Å²) in [6, 6.07) is 7.14. The van der Waals surface area contributed by atoms with Gasteiger partial charge in [-0.05, 0) is 37.5 Å². The van der Waals surface area contributed by atoms with Crippen LogP contribution in [0.1, 0.15) is 18.4 Å². The largest absolute Gasteiger partial charge is 0.327 e. The van der Waals surface area contributed by atoms with Gasteiger partial charge in [-0.2, -0.15) is 4.31 Å². The van der Waals surface area contributed by atoms with Crippen LogP contribution in [0, 0.1) is 6.92 Å². The highest BCUT2D eigenvalue weighted by molar-refractivity contribution is 7.89. The highest BCUT2D eigenvalue weighted by Crippen LogP contribution is 2.26. The normalized spacial score (nSPS) is 19.8. The van der Waals surface area contributed by atoms with Crippen molar-refractivity contribution in [2.24, 2.45) is 5.73 Å². The molecule has 2 aromatic rings. The second-order valence-corrected chi connectivity index (χ2v) is 7.51. The fraction of sp³-hybridized carbons (Fsp3) is 0.400. The van der Waals surface area contributed by atoms with Crippen molar-refractivity contribution in [2.45, 2.75) is 30.7 Å². The third kappa shape index (κ3) is 3.10. The standard InChI is InChI=1S/C15H19N3O2S.ClH/c1-11-8-12-4-2-6-14(15(12)17-9-11)21(19,20)18-7-3-5-13(16)10-18;/h2,4,6,8-9,13H,3,5,7,10,16H2,1H3;1H. The van der Waals surface area contributed by atoms with Gasteiger partial charge in [-0.15, -0.1) is 12.4 Å². The van der Waals surface area contributed by atoms with Crippen LogP contribution in [-0.4, -0.2) is 36.8 Å². The Balaban J connectivity index is 0.00000176. The molecular weight excluding hydrogens is 322 g/mol. The highest BCUT2D eigenvalue weighted by Gasteiger charge is 2.30. The van der Waals surface area contributed by atoms with Crippen molar-refractivity contribution < 1.29 is 8.42 Å². The number of piperidine rings is 1. The lowest BCUT2D eigenvalue weighted by Crippen LogP contribution is -2.45. The van der Waals surface area contributed by atoms with E-state index in [0.29, 0.717) is 18.6 Å². The van der Waals surface area contributed by atoms with Gasteiger partial charge >= 0.3 is 0 Å². The molecule has 1 aliphatic heterocycles. The van der Waals surface area contributed by atoms with E-state index in [4.69, 9.17) is 5.73 Å². The number of nitrogens with zero attached hydrogens (tertiary/aromatic N) is 2. The van der Waals surface area contributed by atoms with Crippen LogP contribution in [0.15, 0.2) is 35.4 Å². The van der Waals surface area contributed by atoms with E-state index in [2.05, 4.69) is 4.98 Å². The Bertz CT molecular complexity index is 779. The number of aromatic nitrogens is 1. The van der Waals surface area contributed by atoms with E-state index in [1.807, 2.05) is 19.1 Å². The quantitative estimate of drug-likeness (QED) is 0.907. The number of rotatable bonds is 2. The first-order valence-corrected chi connectivity index (χ1v) is 8.53. The predicted molar refractivity (Wildman–Crippen MR) is 89.7 cm³/mol. The highest BCUT2D eigenvalue weighted by atomic mass is 35.5. The molecule has 1 atom stereocenters. The molecule has 1 unspecified atom stereocenters. The first-order valence-electron chi connectivity index (χ1n) is 7.09. The van der Waals surface area contributed by atoms with Crippen molar-refractivity contribution in [3.8, 4) is 0 Å². The number of pyridine rings is 1. The lowest BCUT2D eigenvalue weighted by atomic mass is 10.1. The molecule has 5 nitrogen and oxygen atoms in total. The molecule has 2 N–H and O–H groups in total. The van der Waals surface area contributed by atoms with E-state index in [9.17, 15) is 8.42 Å². The second-order valence-electron chi connectivity index (χ2n) is 5.61. The topological polar surface area (TPSA) is 76.3 Å². The van der Waals surface area contributed by atoms with Gasteiger partial charge in [-0.25, -0.2) is 8.42 Å². The molecule has 1 saturated heterocycles. The van der Waals surface area contributed by atoms with Crippen LogP contribution in [-0.2, 0) is 10.0 Å². The van der Waals surface area contributed by atoms with Gasteiger partial charge in [0.05, 0.1) is 5.52 Å². The maximum atomic E-state index is 12.9. The van der Waals surface area contributed by atoms with E-state index in [0.717, 1.165) is 23.8 Å². The summed E-state index contributed by atoms with van der Waals surface area (Å²) in [5.74, 6) is 0. The van der Waals surface area contributed by atoms with Gasteiger partial charge < -0.3 is 5.73 Å². The number of halogens is 1. The van der Waals surface area contributed by atoms with Crippen molar-refractivity contribution in [1.29, 1.82) is 0 Å². The number of para-hydroxylation sites is 1. The number of aryl methyl sites for hydroxylation is 1. The van der Waals surface area contributed by atoms with Gasteiger partial charge in [-0.3, -0.25) is 4.98 Å². The summed E-state index contributed by atoms with van der Waals surface area (Å²) in [6.45, 7) is 2.85. The maximum Gasteiger partial charge on any atom is 0.245 e. The van der Waals surface area contributed by atoms with Crippen molar-refractivity contribution >= 4 is 33.3 Å². The van der Waals surface area contributed by atoms with Crippen LogP contribution in [0.5, 0.6) is 0 Å². The minimum absolute atomic E-state index is 0. The van der Waals surface area contributed by atoms with E-state index < -0.39 is 10.0 Å². The molecule has 0 bridgehead atoms. The zero-order chi connectivity index (χ0) is 15.0. The zero-order valence-electron chi connectivity index (χ0n) is 12.4. The number of hydrogen-bond acceptors (Lipinski definition) is 4. The van der Waals surface area contributed by atoms with Gasteiger partial charge in [0.2, 0.25) is 10.0 Å². The molecule has 1 fully saturated rings. The molecule has 22 heavy (non-hydrogen) atoms.